The van der Waals surface area contributed by atoms with Crippen LogP contribution in [0.5, 0.6) is 0 Å². The second-order valence-electron chi connectivity index (χ2n) is 4.93. The molecule has 8 nitrogen and oxygen atoms in total. The summed E-state index contributed by atoms with van der Waals surface area (Å²) in [4.78, 5) is 13.5. The predicted molar refractivity (Wildman–Crippen MR) is 76.3 cm³/mol. The van der Waals surface area contributed by atoms with Gasteiger partial charge in [-0.25, -0.2) is 8.42 Å². The molecule has 9 heteroatoms. The van der Waals surface area contributed by atoms with Crippen LogP contribution >= 0.6 is 0 Å². The summed E-state index contributed by atoms with van der Waals surface area (Å²) in [7, 11) is -1.88. The number of aromatic nitrogens is 1. The Morgan fingerprint density at radius 2 is 2.24 bits per heavy atom. The Balaban J connectivity index is 2.28. The summed E-state index contributed by atoms with van der Waals surface area (Å²) in [5, 5.41) is 13.6. The van der Waals surface area contributed by atoms with E-state index in [0.717, 1.165) is 31.5 Å². The fourth-order valence-electron chi connectivity index (χ4n) is 2.50. The zero-order chi connectivity index (χ0) is 15.5. The van der Waals surface area contributed by atoms with Crippen molar-refractivity contribution in [1.29, 1.82) is 0 Å². The summed E-state index contributed by atoms with van der Waals surface area (Å²) in [5.74, 6) is -0.362. The van der Waals surface area contributed by atoms with Gasteiger partial charge in [0.25, 0.3) is 0 Å². The molecule has 1 unspecified atom stereocenters. The van der Waals surface area contributed by atoms with Gasteiger partial charge in [-0.3, -0.25) is 0 Å². The van der Waals surface area contributed by atoms with E-state index in [-0.39, 0.29) is 16.8 Å². The topological polar surface area (TPSA) is 105 Å². The van der Waals surface area contributed by atoms with Gasteiger partial charge in [0, 0.05) is 25.2 Å². The molecular formula is C12H18N4O4S. The average molecular weight is 314 g/mol. The molecule has 1 N–H and O–H groups in total. The Morgan fingerprint density at radius 3 is 2.81 bits per heavy atom. The molecule has 0 aliphatic carbocycles. The monoisotopic (exact) mass is 314 g/mol. The molecular weight excluding hydrogens is 296 g/mol. The van der Waals surface area contributed by atoms with Crippen LogP contribution in [0.25, 0.3) is 0 Å². The van der Waals surface area contributed by atoms with Gasteiger partial charge >= 0.3 is 5.82 Å². The van der Waals surface area contributed by atoms with E-state index in [4.69, 9.17) is 0 Å². The summed E-state index contributed by atoms with van der Waals surface area (Å²) >= 11 is 0. The number of hydrogen-bond donors (Lipinski definition) is 1. The van der Waals surface area contributed by atoms with E-state index in [1.165, 1.54) is 10.4 Å². The largest absolute Gasteiger partial charge is 0.363 e. The van der Waals surface area contributed by atoms with E-state index in [2.05, 4.69) is 10.3 Å². The van der Waals surface area contributed by atoms with Crippen molar-refractivity contribution in [2.45, 2.75) is 30.2 Å². The molecule has 21 heavy (non-hydrogen) atoms. The maximum atomic E-state index is 12.6. The Bertz CT molecular complexity index is 600. The second-order valence-corrected chi connectivity index (χ2v) is 6.82. The van der Waals surface area contributed by atoms with Gasteiger partial charge in [-0.05, 0) is 35.9 Å². The summed E-state index contributed by atoms with van der Waals surface area (Å²) in [6.45, 7) is 1.05. The highest BCUT2D eigenvalue weighted by Gasteiger charge is 2.34. The third-order valence-corrected chi connectivity index (χ3v) is 5.46. The third kappa shape index (κ3) is 3.36. The van der Waals surface area contributed by atoms with Crippen molar-refractivity contribution in [3.8, 4) is 0 Å². The van der Waals surface area contributed by atoms with Gasteiger partial charge in [-0.1, -0.05) is 6.42 Å². The Morgan fingerprint density at radius 1 is 1.48 bits per heavy atom. The van der Waals surface area contributed by atoms with E-state index in [1.54, 1.807) is 7.05 Å². The highest BCUT2D eigenvalue weighted by molar-refractivity contribution is 7.89. The molecule has 0 saturated carbocycles. The maximum Gasteiger partial charge on any atom is 0.363 e. The van der Waals surface area contributed by atoms with Gasteiger partial charge in [0.2, 0.25) is 10.0 Å². The zero-order valence-corrected chi connectivity index (χ0v) is 12.5. The van der Waals surface area contributed by atoms with Gasteiger partial charge in [0.15, 0.2) is 6.20 Å². The molecule has 1 atom stereocenters. The predicted octanol–water partition coefficient (Wildman–Crippen LogP) is 0.752. The van der Waals surface area contributed by atoms with Crippen LogP contribution in [-0.4, -0.2) is 48.8 Å². The smallest absolute Gasteiger partial charge is 0.358 e. The third-order valence-electron chi connectivity index (χ3n) is 3.53. The molecule has 0 radical (unpaired) electrons. The van der Waals surface area contributed by atoms with Gasteiger partial charge in [0.1, 0.15) is 4.90 Å². The molecule has 2 heterocycles. The minimum atomic E-state index is -3.67. The first-order valence-electron chi connectivity index (χ1n) is 6.73. The molecule has 0 amide bonds. The Kier molecular flexibility index (Phi) is 4.86. The normalized spacial score (nSPS) is 20.3. The minimum Gasteiger partial charge on any atom is -0.358 e. The highest BCUT2D eigenvalue weighted by Crippen LogP contribution is 2.25. The first kappa shape index (κ1) is 15.8. The lowest BCUT2D eigenvalue weighted by molar-refractivity contribution is -0.389. The molecule has 1 aromatic heterocycles. The SMILES string of the molecule is CNCC1CCCCN1S(=O)(=O)c1ccc([N+](=O)[O-])nc1. The number of pyridine rings is 1. The van der Waals surface area contributed by atoms with Crippen LogP contribution < -0.4 is 5.32 Å². The molecule has 116 valence electrons. The van der Waals surface area contributed by atoms with Crippen molar-refractivity contribution in [2.75, 3.05) is 20.1 Å². The first-order valence-corrected chi connectivity index (χ1v) is 8.17. The van der Waals surface area contributed by atoms with Crippen molar-refractivity contribution < 1.29 is 13.3 Å². The molecule has 0 bridgehead atoms. The first-order chi connectivity index (χ1) is 9.96. The van der Waals surface area contributed by atoms with Crippen molar-refractivity contribution in [2.24, 2.45) is 0 Å². The lowest BCUT2D eigenvalue weighted by Crippen LogP contribution is -2.47. The van der Waals surface area contributed by atoms with Crippen LogP contribution in [0, 0.1) is 10.1 Å². The van der Waals surface area contributed by atoms with E-state index >= 15 is 0 Å². The number of nitro groups is 1. The number of nitrogens with one attached hydrogen (secondary N) is 1. The fourth-order valence-corrected chi connectivity index (χ4v) is 4.14. The van der Waals surface area contributed by atoms with Gasteiger partial charge in [-0.15, -0.1) is 0 Å². The second kappa shape index (κ2) is 6.46. The van der Waals surface area contributed by atoms with Crippen LogP contribution in [0.15, 0.2) is 23.2 Å². The summed E-state index contributed by atoms with van der Waals surface area (Å²) in [5.41, 5.74) is 0. The van der Waals surface area contributed by atoms with E-state index in [9.17, 15) is 18.5 Å². The van der Waals surface area contributed by atoms with Crippen LogP contribution in [0.1, 0.15) is 19.3 Å². The van der Waals surface area contributed by atoms with Gasteiger partial charge < -0.3 is 15.4 Å². The van der Waals surface area contributed by atoms with Crippen LogP contribution in [0.4, 0.5) is 5.82 Å². The summed E-state index contributed by atoms with van der Waals surface area (Å²) in [6.07, 6.45) is 3.68. The number of rotatable bonds is 5. The number of sulfonamides is 1. The quantitative estimate of drug-likeness (QED) is 0.635. The zero-order valence-electron chi connectivity index (χ0n) is 11.7. The lowest BCUT2D eigenvalue weighted by Gasteiger charge is -2.34. The van der Waals surface area contributed by atoms with E-state index in [1.807, 2.05) is 0 Å². The molecule has 2 rings (SSSR count). The molecule has 1 aliphatic heterocycles. The van der Waals surface area contributed by atoms with Crippen molar-refractivity contribution >= 4 is 15.8 Å². The van der Waals surface area contributed by atoms with Crippen molar-refractivity contribution in [3.63, 3.8) is 0 Å². The van der Waals surface area contributed by atoms with Crippen molar-refractivity contribution in [3.05, 3.63) is 28.4 Å². The molecule has 1 saturated heterocycles. The van der Waals surface area contributed by atoms with E-state index in [0.29, 0.717) is 13.1 Å². The molecule has 1 fully saturated rings. The summed E-state index contributed by atoms with van der Waals surface area (Å²) in [6, 6.07) is 2.26. The van der Waals surface area contributed by atoms with Crippen LogP contribution in [0.3, 0.4) is 0 Å². The number of piperidine rings is 1. The average Bonchev–Trinajstić information content (AvgIpc) is 2.48. The molecule has 1 aromatic rings. The minimum absolute atomic E-state index is 0.00361. The Hall–Kier alpha value is -1.58. The summed E-state index contributed by atoms with van der Waals surface area (Å²) < 4.78 is 26.8. The number of hydrogen-bond acceptors (Lipinski definition) is 6. The van der Waals surface area contributed by atoms with E-state index < -0.39 is 14.9 Å². The lowest BCUT2D eigenvalue weighted by atomic mass is 10.1. The van der Waals surface area contributed by atoms with Crippen LogP contribution in [0.2, 0.25) is 0 Å². The maximum absolute atomic E-state index is 12.6. The standard InChI is InChI=1S/C12H18N4O4S/c1-13-8-10-4-2-3-7-15(10)21(19,20)11-5-6-12(14-9-11)16(17)18/h5-6,9-10,13H,2-4,7-8H2,1H3. The molecule has 0 spiro atoms. The fraction of sp³-hybridized carbons (Fsp3) is 0.583. The molecule has 0 aromatic carbocycles. The van der Waals surface area contributed by atoms with Crippen LogP contribution in [-0.2, 0) is 10.0 Å². The highest BCUT2D eigenvalue weighted by atomic mass is 32.2. The number of likely N-dealkylation sites (N-methyl/N-ethyl adjacent to an activating group) is 1. The van der Waals surface area contributed by atoms with Gasteiger partial charge in [0.05, 0.1) is 0 Å². The Labute approximate surface area is 123 Å². The number of nitrogens with zero attached hydrogens (tertiary/aromatic N) is 3. The molecule has 1 aliphatic rings. The van der Waals surface area contributed by atoms with Crippen molar-refractivity contribution in [1.82, 2.24) is 14.6 Å². The van der Waals surface area contributed by atoms with Gasteiger partial charge in [-0.2, -0.15) is 4.31 Å².